The lowest BCUT2D eigenvalue weighted by Gasteiger charge is -2.19. The van der Waals surface area contributed by atoms with E-state index in [9.17, 15) is 13.6 Å². The van der Waals surface area contributed by atoms with E-state index < -0.39 is 23.1 Å². The topological polar surface area (TPSA) is 29.1 Å². The number of hydrogen-bond acceptors (Lipinski definition) is 1. The van der Waals surface area contributed by atoms with Crippen molar-refractivity contribution < 1.29 is 13.6 Å². The molecule has 1 unspecified atom stereocenters. The summed E-state index contributed by atoms with van der Waals surface area (Å²) in [5, 5.41) is 2.24. The first-order chi connectivity index (χ1) is 9.01. The summed E-state index contributed by atoms with van der Waals surface area (Å²) in [5.74, 6) is -2.24. The third kappa shape index (κ3) is 4.16. The molecular formula is C14H18ClF2NO. The van der Waals surface area contributed by atoms with E-state index in [0.717, 1.165) is 25.0 Å². The number of halogens is 3. The molecular weight excluding hydrogens is 272 g/mol. The second kappa shape index (κ2) is 7.43. The summed E-state index contributed by atoms with van der Waals surface area (Å²) >= 11 is 6.16. The first kappa shape index (κ1) is 15.9. The molecule has 1 rings (SSSR count). The average Bonchev–Trinajstić information content (AvgIpc) is 2.37. The van der Waals surface area contributed by atoms with E-state index in [1.165, 1.54) is 6.07 Å². The third-order valence-corrected chi connectivity index (χ3v) is 3.72. The zero-order valence-electron chi connectivity index (χ0n) is 11.1. The molecule has 5 heteroatoms. The molecule has 1 aromatic carbocycles. The Morgan fingerprint density at radius 2 is 1.79 bits per heavy atom. The molecule has 0 aromatic heterocycles. The fraction of sp³-hybridized carbons (Fsp3) is 0.500. The maximum atomic E-state index is 13.4. The zero-order chi connectivity index (χ0) is 14.4. The summed E-state index contributed by atoms with van der Waals surface area (Å²) in [6, 6.07) is 3.32. The van der Waals surface area contributed by atoms with Crippen LogP contribution < -0.4 is 5.32 Å². The van der Waals surface area contributed by atoms with Crippen molar-refractivity contribution in [3.05, 3.63) is 35.4 Å². The Morgan fingerprint density at radius 3 is 2.26 bits per heavy atom. The molecule has 0 heterocycles. The Labute approximate surface area is 117 Å². The number of nitrogens with one attached hydrogen (secondary N) is 1. The monoisotopic (exact) mass is 289 g/mol. The predicted octanol–water partition coefficient (Wildman–Crippen LogP) is 3.74. The van der Waals surface area contributed by atoms with E-state index in [4.69, 9.17) is 11.6 Å². The molecule has 0 bridgehead atoms. The van der Waals surface area contributed by atoms with E-state index in [1.807, 2.05) is 13.8 Å². The third-order valence-electron chi connectivity index (χ3n) is 3.21. The molecule has 106 valence electrons. The van der Waals surface area contributed by atoms with Crippen molar-refractivity contribution in [2.24, 2.45) is 5.92 Å². The predicted molar refractivity (Wildman–Crippen MR) is 72.4 cm³/mol. The molecule has 1 atom stereocenters. The molecule has 0 aliphatic heterocycles. The van der Waals surface area contributed by atoms with Crippen LogP contribution in [-0.4, -0.2) is 17.8 Å². The quantitative estimate of drug-likeness (QED) is 0.794. The minimum absolute atomic E-state index is 0.195. The normalized spacial score (nSPS) is 12.5. The van der Waals surface area contributed by atoms with Gasteiger partial charge in [0.05, 0.1) is 5.38 Å². The van der Waals surface area contributed by atoms with Gasteiger partial charge in [0.2, 0.25) is 0 Å². The van der Waals surface area contributed by atoms with Gasteiger partial charge in [-0.3, -0.25) is 4.79 Å². The van der Waals surface area contributed by atoms with E-state index >= 15 is 0 Å². The molecule has 2 nitrogen and oxygen atoms in total. The summed E-state index contributed by atoms with van der Waals surface area (Å²) in [6.07, 6.45) is 1.79. The molecule has 0 saturated carbocycles. The number of carbonyl (C=O) groups excluding carboxylic acids is 1. The van der Waals surface area contributed by atoms with Crippen LogP contribution in [0.3, 0.4) is 0 Å². The molecule has 1 N–H and O–H groups in total. The Hall–Kier alpha value is -1.16. The molecule has 0 fully saturated rings. The standard InChI is InChI=1S/C14H18ClF2NO/c1-3-9(4-2)10(15)8-18-14(19)13-11(16)6-5-7-12(13)17/h5-7,9-10H,3-4,8H2,1-2H3,(H,18,19). The second-order valence-electron chi connectivity index (χ2n) is 4.40. The van der Waals surface area contributed by atoms with Crippen molar-refractivity contribution in [3.8, 4) is 0 Å². The van der Waals surface area contributed by atoms with Gasteiger partial charge < -0.3 is 5.32 Å². The van der Waals surface area contributed by atoms with Crippen molar-refractivity contribution in [2.45, 2.75) is 32.1 Å². The van der Waals surface area contributed by atoms with Gasteiger partial charge in [-0.15, -0.1) is 11.6 Å². The summed E-state index contributed by atoms with van der Waals surface area (Å²) in [5.41, 5.74) is -0.559. The number of benzene rings is 1. The SMILES string of the molecule is CCC(CC)C(Cl)CNC(=O)c1c(F)cccc1F. The van der Waals surface area contributed by atoms with Crippen LogP contribution in [-0.2, 0) is 0 Å². The van der Waals surface area contributed by atoms with Crippen LogP contribution in [0.15, 0.2) is 18.2 Å². The maximum absolute atomic E-state index is 13.4. The maximum Gasteiger partial charge on any atom is 0.257 e. The number of alkyl halides is 1. The van der Waals surface area contributed by atoms with E-state index in [2.05, 4.69) is 5.32 Å². The number of hydrogen-bond donors (Lipinski definition) is 1. The van der Waals surface area contributed by atoms with E-state index in [1.54, 1.807) is 0 Å². The van der Waals surface area contributed by atoms with Gasteiger partial charge in [-0.2, -0.15) is 0 Å². The number of carbonyl (C=O) groups is 1. The van der Waals surface area contributed by atoms with Crippen LogP contribution >= 0.6 is 11.6 Å². The van der Waals surface area contributed by atoms with E-state index in [-0.39, 0.29) is 17.8 Å². The van der Waals surface area contributed by atoms with Gasteiger partial charge in [-0.1, -0.05) is 32.8 Å². The highest BCUT2D eigenvalue weighted by molar-refractivity contribution is 6.21. The first-order valence-corrected chi connectivity index (χ1v) is 6.81. The summed E-state index contributed by atoms with van der Waals surface area (Å²) in [4.78, 5) is 11.7. The van der Waals surface area contributed by atoms with Crippen LogP contribution in [0, 0.1) is 17.6 Å². The van der Waals surface area contributed by atoms with Crippen LogP contribution in [0.1, 0.15) is 37.0 Å². The largest absolute Gasteiger partial charge is 0.350 e. The Bertz CT molecular complexity index is 415. The first-order valence-electron chi connectivity index (χ1n) is 6.37. The molecule has 0 spiro atoms. The Morgan fingerprint density at radius 1 is 1.26 bits per heavy atom. The zero-order valence-corrected chi connectivity index (χ0v) is 11.8. The van der Waals surface area contributed by atoms with Crippen molar-refractivity contribution in [1.82, 2.24) is 5.32 Å². The van der Waals surface area contributed by atoms with Gasteiger partial charge in [0.15, 0.2) is 0 Å². The second-order valence-corrected chi connectivity index (χ2v) is 4.96. The Balaban J connectivity index is 2.66. The fourth-order valence-corrected chi connectivity index (χ4v) is 2.39. The van der Waals surface area contributed by atoms with Gasteiger partial charge in [0.25, 0.3) is 5.91 Å². The van der Waals surface area contributed by atoms with Crippen LogP contribution in [0.25, 0.3) is 0 Å². The minimum atomic E-state index is -0.869. The number of amides is 1. The van der Waals surface area contributed by atoms with Crippen molar-refractivity contribution in [3.63, 3.8) is 0 Å². The molecule has 1 aromatic rings. The van der Waals surface area contributed by atoms with Crippen LogP contribution in [0.5, 0.6) is 0 Å². The lowest BCUT2D eigenvalue weighted by Crippen LogP contribution is -2.34. The highest BCUT2D eigenvalue weighted by Gasteiger charge is 2.20. The van der Waals surface area contributed by atoms with Gasteiger partial charge in [-0.05, 0) is 18.1 Å². The van der Waals surface area contributed by atoms with Gasteiger partial charge in [-0.25, -0.2) is 8.78 Å². The van der Waals surface area contributed by atoms with Gasteiger partial charge in [0.1, 0.15) is 17.2 Å². The smallest absolute Gasteiger partial charge is 0.257 e. The van der Waals surface area contributed by atoms with Crippen LogP contribution in [0.4, 0.5) is 8.78 Å². The highest BCUT2D eigenvalue weighted by Crippen LogP contribution is 2.18. The van der Waals surface area contributed by atoms with Crippen molar-refractivity contribution >= 4 is 17.5 Å². The molecule has 0 aliphatic rings. The lowest BCUT2D eigenvalue weighted by molar-refractivity contribution is 0.0943. The molecule has 0 aliphatic carbocycles. The molecule has 0 radical (unpaired) electrons. The van der Waals surface area contributed by atoms with Crippen LogP contribution in [0.2, 0.25) is 0 Å². The average molecular weight is 290 g/mol. The molecule has 19 heavy (non-hydrogen) atoms. The summed E-state index contributed by atoms with van der Waals surface area (Å²) < 4.78 is 26.8. The highest BCUT2D eigenvalue weighted by atomic mass is 35.5. The molecule has 1 amide bonds. The van der Waals surface area contributed by atoms with E-state index in [0.29, 0.717) is 0 Å². The van der Waals surface area contributed by atoms with Crippen molar-refractivity contribution in [2.75, 3.05) is 6.54 Å². The van der Waals surface area contributed by atoms with Gasteiger partial charge in [0, 0.05) is 6.54 Å². The summed E-state index contributed by atoms with van der Waals surface area (Å²) in [6.45, 7) is 4.23. The Kier molecular flexibility index (Phi) is 6.22. The summed E-state index contributed by atoms with van der Waals surface area (Å²) in [7, 11) is 0. The van der Waals surface area contributed by atoms with Gasteiger partial charge >= 0.3 is 0 Å². The minimum Gasteiger partial charge on any atom is -0.350 e. The number of rotatable bonds is 6. The lowest BCUT2D eigenvalue weighted by atomic mass is 9.99. The molecule has 0 saturated heterocycles. The van der Waals surface area contributed by atoms with Crippen molar-refractivity contribution in [1.29, 1.82) is 0 Å². The fourth-order valence-electron chi connectivity index (χ4n) is 1.96.